The number of aryl methyl sites for hydroxylation is 2. The van der Waals surface area contributed by atoms with Gasteiger partial charge in [0.25, 0.3) is 0 Å². The van der Waals surface area contributed by atoms with Crippen molar-refractivity contribution < 1.29 is 9.90 Å². The zero-order valence-electron chi connectivity index (χ0n) is 18.3. The minimum atomic E-state index is -0.831. The molecule has 0 saturated heterocycles. The summed E-state index contributed by atoms with van der Waals surface area (Å²) in [6.07, 6.45) is 11.1. The quantitative estimate of drug-likeness (QED) is 0.306. The van der Waals surface area contributed by atoms with Crippen LogP contribution in [0.5, 0.6) is 0 Å². The van der Waals surface area contributed by atoms with Crippen molar-refractivity contribution in [3.05, 3.63) is 71.3 Å². The van der Waals surface area contributed by atoms with Crippen LogP contribution in [0.3, 0.4) is 0 Å². The summed E-state index contributed by atoms with van der Waals surface area (Å²) in [5.74, 6) is 0.228. The molecule has 7 nitrogen and oxygen atoms in total. The van der Waals surface area contributed by atoms with Crippen molar-refractivity contribution in [3.63, 3.8) is 0 Å². The number of hydrogen-bond donors (Lipinski definition) is 2. The number of thioether (sulfide) groups is 1. The van der Waals surface area contributed by atoms with Crippen LogP contribution < -0.4 is 0 Å². The zero-order chi connectivity index (χ0) is 22.4. The maximum Gasteiger partial charge on any atom is 0.304 e. The van der Waals surface area contributed by atoms with Crippen molar-refractivity contribution >= 4 is 17.7 Å². The van der Waals surface area contributed by atoms with Crippen LogP contribution in [0.2, 0.25) is 0 Å². The van der Waals surface area contributed by atoms with Crippen LogP contribution in [-0.2, 0) is 23.4 Å². The molecule has 2 heterocycles. The molecule has 3 rings (SSSR count). The number of tetrazole rings is 1. The van der Waals surface area contributed by atoms with Gasteiger partial charge < -0.3 is 5.11 Å². The highest BCUT2D eigenvalue weighted by Crippen LogP contribution is 2.35. The first kappa shape index (κ1) is 23.9. The molecular weight excluding hydrogens is 422 g/mol. The summed E-state index contributed by atoms with van der Waals surface area (Å²) in [5, 5.41) is 23.1. The second-order valence-electron chi connectivity index (χ2n) is 7.88. The van der Waals surface area contributed by atoms with Gasteiger partial charge in [0.15, 0.2) is 5.82 Å². The summed E-state index contributed by atoms with van der Waals surface area (Å²) < 4.78 is 0. The molecule has 0 aliphatic heterocycles. The molecule has 0 amide bonds. The Morgan fingerprint density at radius 3 is 2.44 bits per heavy atom. The van der Waals surface area contributed by atoms with E-state index in [-0.39, 0.29) is 11.7 Å². The van der Waals surface area contributed by atoms with Crippen molar-refractivity contribution in [2.24, 2.45) is 0 Å². The molecule has 0 aliphatic carbocycles. The van der Waals surface area contributed by atoms with E-state index in [1.807, 2.05) is 6.07 Å². The van der Waals surface area contributed by atoms with Crippen molar-refractivity contribution in [2.45, 2.75) is 68.8 Å². The fraction of sp³-hybridized carbons (Fsp3) is 0.458. The molecule has 2 N–H and O–H groups in total. The summed E-state index contributed by atoms with van der Waals surface area (Å²) >= 11 is 1.50. The van der Waals surface area contributed by atoms with Crippen LogP contribution in [0.4, 0.5) is 0 Å². The molecule has 32 heavy (non-hydrogen) atoms. The molecule has 170 valence electrons. The molecule has 1 aromatic carbocycles. The number of aromatic nitrogens is 5. The van der Waals surface area contributed by atoms with E-state index in [0.717, 1.165) is 30.5 Å². The first-order valence-electron chi connectivity index (χ1n) is 11.3. The molecule has 0 aliphatic rings. The maximum atomic E-state index is 11.4. The number of nitrogens with zero attached hydrogens (tertiary/aromatic N) is 4. The van der Waals surface area contributed by atoms with E-state index in [9.17, 15) is 9.90 Å². The summed E-state index contributed by atoms with van der Waals surface area (Å²) in [4.78, 5) is 16.0. The van der Waals surface area contributed by atoms with Gasteiger partial charge >= 0.3 is 5.97 Å². The van der Waals surface area contributed by atoms with Crippen molar-refractivity contribution in [1.82, 2.24) is 25.6 Å². The number of unbranched alkanes of at least 4 members (excludes halogenated alkanes) is 5. The molecule has 1 atom stereocenters. The van der Waals surface area contributed by atoms with E-state index in [0.29, 0.717) is 11.6 Å². The fourth-order valence-electron chi connectivity index (χ4n) is 3.76. The van der Waals surface area contributed by atoms with Gasteiger partial charge in [-0.3, -0.25) is 9.78 Å². The van der Waals surface area contributed by atoms with E-state index in [1.54, 1.807) is 6.20 Å². The van der Waals surface area contributed by atoms with E-state index in [1.165, 1.54) is 49.4 Å². The smallest absolute Gasteiger partial charge is 0.304 e. The number of nitrogens with one attached hydrogen (secondary N) is 1. The molecule has 1 unspecified atom stereocenters. The van der Waals surface area contributed by atoms with Crippen LogP contribution >= 0.6 is 11.8 Å². The summed E-state index contributed by atoms with van der Waals surface area (Å²) in [6, 6.07) is 14.7. The van der Waals surface area contributed by atoms with Crippen LogP contribution in [0, 0.1) is 0 Å². The van der Waals surface area contributed by atoms with Crippen molar-refractivity contribution in [1.29, 1.82) is 0 Å². The summed E-state index contributed by atoms with van der Waals surface area (Å²) in [5.41, 5.74) is 3.43. The number of aliphatic carboxylic acids is 1. The molecule has 3 aromatic rings. The normalized spacial score (nSPS) is 12.0. The zero-order valence-corrected chi connectivity index (χ0v) is 19.1. The van der Waals surface area contributed by atoms with Gasteiger partial charge in [0.1, 0.15) is 0 Å². The van der Waals surface area contributed by atoms with Gasteiger partial charge in [-0.15, -0.1) is 22.0 Å². The topological polar surface area (TPSA) is 105 Å². The fourth-order valence-corrected chi connectivity index (χ4v) is 4.86. The molecule has 0 bridgehead atoms. The third kappa shape index (κ3) is 8.42. The minimum absolute atomic E-state index is 0.0218. The van der Waals surface area contributed by atoms with E-state index in [4.69, 9.17) is 0 Å². The average Bonchev–Trinajstić information content (AvgIpc) is 3.33. The highest BCUT2D eigenvalue weighted by molar-refractivity contribution is 7.98. The number of H-pyrrole nitrogens is 1. The van der Waals surface area contributed by atoms with E-state index in [2.05, 4.69) is 62.0 Å². The first-order chi connectivity index (χ1) is 15.7. The number of carboxylic acids is 1. The van der Waals surface area contributed by atoms with Crippen LogP contribution in [0.25, 0.3) is 0 Å². The lowest BCUT2D eigenvalue weighted by molar-refractivity contribution is -0.137. The molecule has 0 saturated carbocycles. The Balaban J connectivity index is 1.42. The molecule has 0 spiro atoms. The maximum absolute atomic E-state index is 11.4. The summed E-state index contributed by atoms with van der Waals surface area (Å²) in [6.45, 7) is 0. The van der Waals surface area contributed by atoms with Gasteiger partial charge in [0, 0.05) is 6.20 Å². The standard InChI is InChI=1S/C24H31N5O2S/c30-23(31)17-21(32-18-22-26-28-29-27-22)24-20(15-10-16-25-24)14-9-4-2-1-3-6-11-19-12-7-5-8-13-19/h5,7-8,10,12-13,15-16,21H,1-4,6,9,11,14,17-18H2,(H,30,31)(H,26,27,28,29). The van der Waals surface area contributed by atoms with Gasteiger partial charge in [-0.2, -0.15) is 5.21 Å². The monoisotopic (exact) mass is 453 g/mol. The van der Waals surface area contributed by atoms with E-state index >= 15 is 0 Å². The number of benzene rings is 1. The minimum Gasteiger partial charge on any atom is -0.481 e. The number of rotatable bonds is 15. The van der Waals surface area contributed by atoms with Gasteiger partial charge in [-0.25, -0.2) is 0 Å². The number of pyridine rings is 1. The number of carboxylic acid groups (broad SMARTS) is 1. The largest absolute Gasteiger partial charge is 0.481 e. The number of aromatic amines is 1. The van der Waals surface area contributed by atoms with Crippen molar-refractivity contribution in [3.8, 4) is 0 Å². The Bertz CT molecular complexity index is 921. The molecular formula is C24H31N5O2S. The SMILES string of the molecule is O=C(O)CC(SCc1nn[nH]n1)c1ncccc1CCCCCCCCc1ccccc1. The van der Waals surface area contributed by atoms with Gasteiger partial charge in [-0.1, -0.05) is 67.3 Å². The average molecular weight is 454 g/mol. The number of hydrogen-bond acceptors (Lipinski definition) is 6. The van der Waals surface area contributed by atoms with Crippen LogP contribution in [0.15, 0.2) is 48.7 Å². The Kier molecular flexibility index (Phi) is 10.2. The molecule has 2 aromatic heterocycles. The lowest BCUT2D eigenvalue weighted by atomic mass is 10.0. The molecule has 8 heteroatoms. The Morgan fingerprint density at radius 1 is 0.969 bits per heavy atom. The lowest BCUT2D eigenvalue weighted by Crippen LogP contribution is -2.09. The van der Waals surface area contributed by atoms with Gasteiger partial charge in [-0.05, 0) is 42.9 Å². The number of carbonyl (C=O) groups is 1. The predicted octanol–water partition coefficient (Wildman–Crippen LogP) is 5.17. The summed E-state index contributed by atoms with van der Waals surface area (Å²) in [7, 11) is 0. The van der Waals surface area contributed by atoms with Crippen LogP contribution in [-0.4, -0.2) is 36.7 Å². The second kappa shape index (κ2) is 13.6. The van der Waals surface area contributed by atoms with Crippen molar-refractivity contribution in [2.75, 3.05) is 0 Å². The van der Waals surface area contributed by atoms with Gasteiger partial charge in [0.2, 0.25) is 0 Å². The second-order valence-corrected chi connectivity index (χ2v) is 9.07. The third-order valence-corrected chi connectivity index (χ3v) is 6.62. The van der Waals surface area contributed by atoms with E-state index < -0.39 is 5.97 Å². The predicted molar refractivity (Wildman–Crippen MR) is 126 cm³/mol. The van der Waals surface area contributed by atoms with Crippen LogP contribution in [0.1, 0.15) is 72.8 Å². The Hall–Kier alpha value is -2.74. The van der Waals surface area contributed by atoms with Gasteiger partial charge in [0.05, 0.1) is 23.1 Å². The molecule has 0 fully saturated rings. The Labute approximate surface area is 193 Å². The molecule has 0 radical (unpaired) electrons. The Morgan fingerprint density at radius 2 is 1.72 bits per heavy atom. The lowest BCUT2D eigenvalue weighted by Gasteiger charge is -2.17. The highest BCUT2D eigenvalue weighted by atomic mass is 32.2. The third-order valence-electron chi connectivity index (χ3n) is 5.40. The first-order valence-corrected chi connectivity index (χ1v) is 12.3. The highest BCUT2D eigenvalue weighted by Gasteiger charge is 2.21.